The summed E-state index contributed by atoms with van der Waals surface area (Å²) < 4.78 is 7.91. The largest absolute Gasteiger partial charge is 0.487 e. The van der Waals surface area contributed by atoms with E-state index in [4.69, 9.17) is 9.84 Å². The van der Waals surface area contributed by atoms with Crippen molar-refractivity contribution in [3.8, 4) is 5.75 Å². The van der Waals surface area contributed by atoms with Crippen LogP contribution in [0.4, 0.5) is 5.69 Å². The Morgan fingerprint density at radius 3 is 2.68 bits per heavy atom. The van der Waals surface area contributed by atoms with Crippen molar-refractivity contribution in [2.75, 3.05) is 5.43 Å². The Kier molecular flexibility index (Phi) is 7.05. The summed E-state index contributed by atoms with van der Waals surface area (Å²) >= 11 is 5.72. The van der Waals surface area contributed by atoms with Crippen LogP contribution in [0.25, 0.3) is 0 Å². The second-order valence-corrected chi connectivity index (χ2v) is 7.91. The first-order valence-corrected chi connectivity index (χ1v) is 10.2. The molecule has 0 spiro atoms. The number of hydrogen-bond acceptors (Lipinski definition) is 4. The van der Waals surface area contributed by atoms with Gasteiger partial charge >= 0.3 is 5.97 Å². The number of nitrogens with zero attached hydrogens (tertiary/aromatic N) is 1. The van der Waals surface area contributed by atoms with Crippen LogP contribution in [0.15, 0.2) is 76.3 Å². The van der Waals surface area contributed by atoms with E-state index in [-0.39, 0.29) is 5.56 Å². The molecule has 3 aromatic carbocycles. The van der Waals surface area contributed by atoms with Crippen LogP contribution in [0.2, 0.25) is 0 Å². The second-order valence-electron chi connectivity index (χ2n) is 5.84. The van der Waals surface area contributed by atoms with Crippen LogP contribution in [-0.2, 0) is 6.61 Å². The van der Waals surface area contributed by atoms with E-state index >= 15 is 0 Å². The van der Waals surface area contributed by atoms with Gasteiger partial charge in [0.25, 0.3) is 0 Å². The van der Waals surface area contributed by atoms with Gasteiger partial charge in [0.15, 0.2) is 0 Å². The van der Waals surface area contributed by atoms with Crippen LogP contribution >= 0.6 is 38.5 Å². The van der Waals surface area contributed by atoms with E-state index in [9.17, 15) is 4.79 Å². The first kappa shape index (κ1) is 20.3. The summed E-state index contributed by atoms with van der Waals surface area (Å²) in [6.07, 6.45) is 1.65. The summed E-state index contributed by atoms with van der Waals surface area (Å²) in [5.74, 6) is -0.247. The molecular formula is C21H16BrIN2O3. The Bertz CT molecular complexity index is 1010. The van der Waals surface area contributed by atoms with Gasteiger partial charge < -0.3 is 9.84 Å². The SMILES string of the molecule is O=C(O)c1cccc(N/N=C\c2cc(Br)cc(I)c2OCc2ccccc2)c1. The predicted octanol–water partition coefficient (Wildman–Crippen LogP) is 5.78. The monoisotopic (exact) mass is 550 g/mol. The normalized spacial score (nSPS) is 10.8. The summed E-state index contributed by atoms with van der Waals surface area (Å²) in [5.41, 5.74) is 5.53. The minimum Gasteiger partial charge on any atom is -0.487 e. The molecule has 0 aliphatic heterocycles. The zero-order valence-electron chi connectivity index (χ0n) is 14.6. The highest BCUT2D eigenvalue weighted by Crippen LogP contribution is 2.29. The second kappa shape index (κ2) is 9.70. The summed E-state index contributed by atoms with van der Waals surface area (Å²) in [4.78, 5) is 11.1. The maximum absolute atomic E-state index is 11.1. The highest BCUT2D eigenvalue weighted by Gasteiger charge is 2.10. The molecule has 0 aromatic heterocycles. The lowest BCUT2D eigenvalue weighted by atomic mass is 10.2. The lowest BCUT2D eigenvalue weighted by Gasteiger charge is -2.12. The molecule has 0 aliphatic carbocycles. The average molecular weight is 551 g/mol. The van der Waals surface area contributed by atoms with Gasteiger partial charge in [-0.15, -0.1) is 0 Å². The fourth-order valence-corrected chi connectivity index (χ4v) is 4.16. The maximum Gasteiger partial charge on any atom is 0.335 e. The van der Waals surface area contributed by atoms with Gasteiger partial charge in [0.1, 0.15) is 12.4 Å². The molecule has 5 nitrogen and oxygen atoms in total. The van der Waals surface area contributed by atoms with Crippen LogP contribution in [0.1, 0.15) is 21.5 Å². The van der Waals surface area contributed by atoms with Crippen LogP contribution in [0.3, 0.4) is 0 Å². The molecule has 0 saturated carbocycles. The van der Waals surface area contributed by atoms with Gasteiger partial charge in [-0.3, -0.25) is 5.43 Å². The molecular weight excluding hydrogens is 535 g/mol. The predicted molar refractivity (Wildman–Crippen MR) is 122 cm³/mol. The van der Waals surface area contributed by atoms with E-state index in [2.05, 4.69) is 49.0 Å². The lowest BCUT2D eigenvalue weighted by Crippen LogP contribution is -2.02. The first-order chi connectivity index (χ1) is 13.5. The Morgan fingerprint density at radius 1 is 1.14 bits per heavy atom. The summed E-state index contributed by atoms with van der Waals surface area (Å²) in [6.45, 7) is 0.452. The molecule has 142 valence electrons. The van der Waals surface area contributed by atoms with Gasteiger partial charge in [-0.25, -0.2) is 4.79 Å². The van der Waals surface area contributed by atoms with E-state index in [1.165, 1.54) is 12.1 Å². The number of anilines is 1. The van der Waals surface area contributed by atoms with Crippen molar-refractivity contribution in [2.45, 2.75) is 6.61 Å². The van der Waals surface area contributed by atoms with Crippen molar-refractivity contribution >= 4 is 56.4 Å². The Labute approximate surface area is 184 Å². The van der Waals surface area contributed by atoms with Gasteiger partial charge in [0.2, 0.25) is 0 Å². The van der Waals surface area contributed by atoms with Crippen LogP contribution < -0.4 is 10.2 Å². The number of hydrazone groups is 1. The Morgan fingerprint density at radius 2 is 1.93 bits per heavy atom. The number of ether oxygens (including phenoxy) is 1. The minimum absolute atomic E-state index is 0.198. The molecule has 3 aromatic rings. The van der Waals surface area contributed by atoms with Crippen molar-refractivity contribution in [1.29, 1.82) is 0 Å². The highest BCUT2D eigenvalue weighted by molar-refractivity contribution is 14.1. The molecule has 0 unspecified atom stereocenters. The zero-order chi connectivity index (χ0) is 19.9. The molecule has 0 atom stereocenters. The van der Waals surface area contributed by atoms with E-state index in [1.54, 1.807) is 18.3 Å². The van der Waals surface area contributed by atoms with Crippen molar-refractivity contribution < 1.29 is 14.6 Å². The highest BCUT2D eigenvalue weighted by atomic mass is 127. The fraction of sp³-hybridized carbons (Fsp3) is 0.0476. The molecule has 28 heavy (non-hydrogen) atoms. The maximum atomic E-state index is 11.1. The molecule has 0 aliphatic rings. The number of carboxylic acids is 1. The smallest absolute Gasteiger partial charge is 0.335 e. The van der Waals surface area contributed by atoms with Gasteiger partial charge in [-0.2, -0.15) is 5.10 Å². The number of aromatic carboxylic acids is 1. The van der Waals surface area contributed by atoms with Crippen LogP contribution in [0.5, 0.6) is 5.75 Å². The zero-order valence-corrected chi connectivity index (χ0v) is 18.3. The third kappa shape index (κ3) is 5.56. The van der Waals surface area contributed by atoms with Crippen molar-refractivity contribution in [2.24, 2.45) is 5.10 Å². The van der Waals surface area contributed by atoms with Gasteiger partial charge in [-0.05, 0) is 58.5 Å². The topological polar surface area (TPSA) is 70.9 Å². The van der Waals surface area contributed by atoms with E-state index < -0.39 is 5.97 Å². The third-order valence-corrected chi connectivity index (χ3v) is 5.03. The molecule has 3 rings (SSSR count). The number of halogens is 2. The number of carboxylic acid groups (broad SMARTS) is 1. The minimum atomic E-state index is -0.981. The van der Waals surface area contributed by atoms with Gasteiger partial charge in [0, 0.05) is 10.0 Å². The summed E-state index contributed by atoms with van der Waals surface area (Å²) in [7, 11) is 0. The van der Waals surface area contributed by atoms with Gasteiger partial charge in [0.05, 0.1) is 21.0 Å². The standard InChI is InChI=1S/C21H16BrIN2O3/c22-17-9-16(12-24-25-18-8-4-7-15(10-18)21(26)27)20(19(23)11-17)28-13-14-5-2-1-3-6-14/h1-12,25H,13H2,(H,26,27)/b24-12-. The molecule has 0 heterocycles. The molecule has 0 fully saturated rings. The van der Waals surface area contributed by atoms with E-state index in [0.717, 1.165) is 24.9 Å². The Balaban J connectivity index is 1.77. The van der Waals surface area contributed by atoms with Crippen molar-refractivity contribution in [3.05, 3.63) is 91.5 Å². The quantitative estimate of drug-likeness (QED) is 0.222. The number of carbonyl (C=O) groups is 1. The lowest BCUT2D eigenvalue weighted by molar-refractivity contribution is 0.0697. The summed E-state index contributed by atoms with van der Waals surface area (Å²) in [6, 6.07) is 20.3. The van der Waals surface area contributed by atoms with Crippen molar-refractivity contribution in [1.82, 2.24) is 0 Å². The molecule has 0 amide bonds. The van der Waals surface area contributed by atoms with Crippen molar-refractivity contribution in [3.63, 3.8) is 0 Å². The Hall–Kier alpha value is -2.39. The van der Waals surface area contributed by atoms with E-state index in [0.29, 0.717) is 12.3 Å². The average Bonchev–Trinajstić information content (AvgIpc) is 2.68. The molecule has 0 saturated heterocycles. The number of hydrogen-bond donors (Lipinski definition) is 2. The molecule has 7 heteroatoms. The third-order valence-electron chi connectivity index (χ3n) is 3.77. The van der Waals surface area contributed by atoms with Gasteiger partial charge in [-0.1, -0.05) is 52.3 Å². The fourth-order valence-electron chi connectivity index (χ4n) is 2.46. The van der Waals surface area contributed by atoms with E-state index in [1.807, 2.05) is 42.5 Å². The number of rotatable bonds is 7. The number of nitrogens with one attached hydrogen (secondary N) is 1. The van der Waals surface area contributed by atoms with Crippen LogP contribution in [0, 0.1) is 3.57 Å². The summed E-state index contributed by atoms with van der Waals surface area (Å²) in [5, 5.41) is 13.3. The molecule has 0 bridgehead atoms. The first-order valence-electron chi connectivity index (χ1n) is 8.31. The van der Waals surface area contributed by atoms with Crippen LogP contribution in [-0.4, -0.2) is 17.3 Å². The molecule has 2 N–H and O–H groups in total. The molecule has 0 radical (unpaired) electrons. The number of benzene rings is 3.